The maximum Gasteiger partial charge on any atom is 0.161 e. The predicted octanol–water partition coefficient (Wildman–Crippen LogP) is 12.0. The molecule has 0 aliphatic heterocycles. The lowest BCUT2D eigenvalue weighted by Gasteiger charge is -2.12. The van der Waals surface area contributed by atoms with E-state index in [0.29, 0.717) is 5.82 Å². The number of hydrogen-bond acceptors (Lipinski definition) is 5. The quantitative estimate of drug-likeness (QED) is 0.187. The third-order valence-corrected chi connectivity index (χ3v) is 9.37. The van der Waals surface area contributed by atoms with Crippen LogP contribution in [-0.4, -0.2) is 15.0 Å². The zero-order chi connectivity index (χ0) is 33.0. The summed E-state index contributed by atoms with van der Waals surface area (Å²) in [7, 11) is 0. The summed E-state index contributed by atoms with van der Waals surface area (Å²) < 4.78 is 12.8. The third-order valence-electron chi connectivity index (χ3n) is 9.37. The lowest BCUT2D eigenvalue weighted by atomic mass is 9.96. The number of benzene rings is 6. The first kappa shape index (κ1) is 28.2. The Morgan fingerprint density at radius 2 is 1.04 bits per heavy atom. The zero-order valence-corrected chi connectivity index (χ0v) is 26.7. The van der Waals surface area contributed by atoms with Gasteiger partial charge in [0.05, 0.1) is 17.1 Å². The Morgan fingerprint density at radius 3 is 1.86 bits per heavy atom. The molecular weight excluding hydrogens is 615 g/mol. The molecule has 0 saturated heterocycles. The largest absolute Gasteiger partial charge is 0.456 e. The highest BCUT2D eigenvalue weighted by atomic mass is 16.3. The van der Waals surface area contributed by atoms with Crippen molar-refractivity contribution in [3.8, 4) is 56.3 Å². The minimum atomic E-state index is 0.629. The van der Waals surface area contributed by atoms with E-state index in [0.717, 1.165) is 94.3 Å². The number of para-hydroxylation sites is 2. The molecule has 50 heavy (non-hydrogen) atoms. The molecule has 6 aromatic carbocycles. The number of rotatable bonds is 5. The van der Waals surface area contributed by atoms with Crippen molar-refractivity contribution in [1.29, 1.82) is 0 Å². The molecular formula is C45H27N3O2. The molecule has 10 rings (SSSR count). The highest BCUT2D eigenvalue weighted by Gasteiger charge is 2.21. The average Bonchev–Trinajstić information content (AvgIpc) is 3.77. The molecule has 0 spiro atoms. The molecule has 0 unspecified atom stereocenters. The minimum Gasteiger partial charge on any atom is -0.456 e. The molecule has 0 aliphatic carbocycles. The van der Waals surface area contributed by atoms with Gasteiger partial charge in [0.15, 0.2) is 5.82 Å². The molecule has 0 saturated carbocycles. The maximum atomic E-state index is 6.69. The maximum absolute atomic E-state index is 6.69. The summed E-state index contributed by atoms with van der Waals surface area (Å²) >= 11 is 0. The topological polar surface area (TPSA) is 65.0 Å². The van der Waals surface area contributed by atoms with Gasteiger partial charge in [-0.1, -0.05) is 97.1 Å². The van der Waals surface area contributed by atoms with Crippen molar-refractivity contribution in [3.05, 3.63) is 164 Å². The van der Waals surface area contributed by atoms with Crippen molar-refractivity contribution in [2.45, 2.75) is 0 Å². The Bertz CT molecular complexity index is 2870. The first-order valence-electron chi connectivity index (χ1n) is 16.6. The highest BCUT2D eigenvalue weighted by Crippen LogP contribution is 2.43. The van der Waals surface area contributed by atoms with Gasteiger partial charge in [-0.2, -0.15) is 0 Å². The summed E-state index contributed by atoms with van der Waals surface area (Å²) in [6.07, 6.45) is 1.82. The van der Waals surface area contributed by atoms with Crippen molar-refractivity contribution in [3.63, 3.8) is 0 Å². The van der Waals surface area contributed by atoms with Crippen LogP contribution in [0.3, 0.4) is 0 Å². The molecule has 0 aliphatic rings. The zero-order valence-electron chi connectivity index (χ0n) is 26.7. The predicted molar refractivity (Wildman–Crippen MR) is 202 cm³/mol. The highest BCUT2D eigenvalue weighted by molar-refractivity contribution is 6.16. The summed E-state index contributed by atoms with van der Waals surface area (Å²) in [5.74, 6) is 0.629. The molecule has 0 N–H and O–H groups in total. The fourth-order valence-electron chi connectivity index (χ4n) is 6.98. The normalized spacial score (nSPS) is 11.6. The van der Waals surface area contributed by atoms with Gasteiger partial charge < -0.3 is 8.83 Å². The second-order valence-corrected chi connectivity index (χ2v) is 12.4. The van der Waals surface area contributed by atoms with Crippen LogP contribution >= 0.6 is 0 Å². The molecule has 0 fully saturated rings. The standard InChI is InChI=1S/C45H27N3O2/c1-2-11-28(12-3-1)38-27-39(31-14-10-13-30(25-31)37-17-8-9-24-46-37)48-45(47-38)35-22-21-32(44-43(35)34-16-5-7-19-41(34)50-44)29-20-23-42-36(26-29)33-15-4-6-18-40(33)49-42/h1-27H. The minimum absolute atomic E-state index is 0.629. The Kier molecular flexibility index (Phi) is 6.42. The van der Waals surface area contributed by atoms with Gasteiger partial charge in [-0.15, -0.1) is 0 Å². The SMILES string of the molecule is c1ccc(-c2cc(-c3cccc(-c4ccccn4)c3)nc(-c3ccc(-c4ccc5oc6ccccc6c5c4)c4oc5ccccc5c34)n2)cc1. The number of fused-ring (bicyclic) bond motifs is 6. The lowest BCUT2D eigenvalue weighted by Crippen LogP contribution is -1.97. The van der Waals surface area contributed by atoms with Gasteiger partial charge in [0.1, 0.15) is 22.3 Å². The Labute approximate surface area is 287 Å². The van der Waals surface area contributed by atoms with Crippen molar-refractivity contribution >= 4 is 43.9 Å². The van der Waals surface area contributed by atoms with E-state index in [1.807, 2.05) is 85.1 Å². The van der Waals surface area contributed by atoms with Crippen LogP contribution in [0.4, 0.5) is 0 Å². The number of furan rings is 2. The molecule has 4 heterocycles. The van der Waals surface area contributed by atoms with Crippen LogP contribution in [0.2, 0.25) is 0 Å². The molecule has 0 radical (unpaired) electrons. The van der Waals surface area contributed by atoms with Crippen molar-refractivity contribution in [2.75, 3.05) is 0 Å². The number of nitrogens with zero attached hydrogens (tertiary/aromatic N) is 3. The second kappa shape index (κ2) is 11.4. The molecule has 10 aromatic rings. The molecule has 0 amide bonds. The van der Waals surface area contributed by atoms with Crippen LogP contribution < -0.4 is 0 Å². The fourth-order valence-corrected chi connectivity index (χ4v) is 6.98. The second-order valence-electron chi connectivity index (χ2n) is 12.4. The van der Waals surface area contributed by atoms with Crippen LogP contribution in [0.1, 0.15) is 0 Å². The van der Waals surface area contributed by atoms with E-state index >= 15 is 0 Å². The summed E-state index contributed by atoms with van der Waals surface area (Å²) in [4.78, 5) is 15.0. The molecule has 0 bridgehead atoms. The van der Waals surface area contributed by atoms with E-state index in [1.54, 1.807) is 0 Å². The van der Waals surface area contributed by atoms with E-state index in [9.17, 15) is 0 Å². The van der Waals surface area contributed by atoms with Gasteiger partial charge in [-0.25, -0.2) is 9.97 Å². The van der Waals surface area contributed by atoms with E-state index in [2.05, 4.69) is 83.8 Å². The van der Waals surface area contributed by atoms with E-state index in [4.69, 9.17) is 18.8 Å². The first-order chi connectivity index (χ1) is 24.8. The van der Waals surface area contributed by atoms with Crippen LogP contribution in [0.15, 0.2) is 173 Å². The third kappa shape index (κ3) is 4.67. The van der Waals surface area contributed by atoms with Crippen LogP contribution in [0, 0.1) is 0 Å². The lowest BCUT2D eigenvalue weighted by molar-refractivity contribution is 0.668. The summed E-state index contributed by atoms with van der Waals surface area (Å²) in [5.41, 5.74) is 11.9. The van der Waals surface area contributed by atoms with Gasteiger partial charge in [-0.05, 0) is 66.2 Å². The molecule has 4 aromatic heterocycles. The van der Waals surface area contributed by atoms with Gasteiger partial charge in [0, 0.05) is 55.6 Å². The molecule has 0 atom stereocenters. The monoisotopic (exact) mass is 641 g/mol. The van der Waals surface area contributed by atoms with E-state index in [1.165, 1.54) is 0 Å². The van der Waals surface area contributed by atoms with E-state index < -0.39 is 0 Å². The van der Waals surface area contributed by atoms with E-state index in [-0.39, 0.29) is 0 Å². The Hall–Kier alpha value is -6.85. The first-order valence-corrected chi connectivity index (χ1v) is 16.6. The number of hydrogen-bond donors (Lipinski definition) is 0. The molecule has 234 valence electrons. The summed E-state index contributed by atoms with van der Waals surface area (Å²) in [6, 6.07) is 53.6. The Balaban J connectivity index is 1.20. The number of pyridine rings is 1. The number of aromatic nitrogens is 3. The average molecular weight is 642 g/mol. The van der Waals surface area contributed by atoms with Crippen LogP contribution in [0.25, 0.3) is 100 Å². The van der Waals surface area contributed by atoms with Crippen molar-refractivity contribution in [1.82, 2.24) is 15.0 Å². The summed E-state index contributed by atoms with van der Waals surface area (Å²) in [5, 5.41) is 4.16. The van der Waals surface area contributed by atoms with Gasteiger partial charge >= 0.3 is 0 Å². The molecule has 5 heteroatoms. The Morgan fingerprint density at radius 1 is 0.380 bits per heavy atom. The van der Waals surface area contributed by atoms with Gasteiger partial charge in [0.2, 0.25) is 0 Å². The van der Waals surface area contributed by atoms with Crippen molar-refractivity contribution < 1.29 is 8.83 Å². The van der Waals surface area contributed by atoms with Crippen molar-refractivity contribution in [2.24, 2.45) is 0 Å². The smallest absolute Gasteiger partial charge is 0.161 e. The summed E-state index contributed by atoms with van der Waals surface area (Å²) in [6.45, 7) is 0. The fraction of sp³-hybridized carbons (Fsp3) is 0. The van der Waals surface area contributed by atoms with Crippen LogP contribution in [0.5, 0.6) is 0 Å². The molecule has 5 nitrogen and oxygen atoms in total. The van der Waals surface area contributed by atoms with Crippen LogP contribution in [-0.2, 0) is 0 Å². The van der Waals surface area contributed by atoms with Gasteiger partial charge in [-0.3, -0.25) is 4.98 Å². The van der Waals surface area contributed by atoms with Gasteiger partial charge in [0.25, 0.3) is 0 Å².